The van der Waals surface area contributed by atoms with Crippen molar-refractivity contribution in [2.24, 2.45) is 11.7 Å². The van der Waals surface area contributed by atoms with Crippen LogP contribution in [0.1, 0.15) is 38.7 Å². The number of carbonyl (C=O) groups is 5. The first kappa shape index (κ1) is 29.8. The molecule has 214 valence electrons. The Morgan fingerprint density at radius 3 is 2.28 bits per heavy atom. The van der Waals surface area contributed by atoms with Crippen molar-refractivity contribution in [2.45, 2.75) is 70.1 Å². The summed E-state index contributed by atoms with van der Waals surface area (Å²) in [6.45, 7) is 3.33. The molecule has 2 aliphatic heterocycles. The van der Waals surface area contributed by atoms with Crippen molar-refractivity contribution in [3.8, 4) is 0 Å². The molecule has 0 saturated carbocycles. The van der Waals surface area contributed by atoms with Crippen LogP contribution in [-0.4, -0.2) is 99.7 Å². The number of carbonyl (C=O) groups excluding carboxylic acids is 5. The van der Waals surface area contributed by atoms with Crippen molar-refractivity contribution in [1.82, 2.24) is 20.4 Å². The molecule has 1 aromatic rings. The predicted octanol–water partition coefficient (Wildman–Crippen LogP) is -1.15. The van der Waals surface area contributed by atoms with Gasteiger partial charge in [0, 0.05) is 19.6 Å². The highest BCUT2D eigenvalue weighted by molar-refractivity contribution is 5.93. The smallest absolute Gasteiger partial charge is 0.408 e. The van der Waals surface area contributed by atoms with E-state index in [-0.39, 0.29) is 25.6 Å². The van der Waals surface area contributed by atoms with Crippen molar-refractivity contribution in [2.75, 3.05) is 19.6 Å². The van der Waals surface area contributed by atoms with Crippen molar-refractivity contribution in [3.05, 3.63) is 35.9 Å². The number of ether oxygens (including phenoxy) is 1. The van der Waals surface area contributed by atoms with E-state index in [0.717, 1.165) is 5.56 Å². The summed E-state index contributed by atoms with van der Waals surface area (Å²) in [5.74, 6) is -2.90. The molecule has 0 aromatic heterocycles. The quantitative estimate of drug-likeness (QED) is 0.242. The van der Waals surface area contributed by atoms with Gasteiger partial charge in [0.25, 0.3) is 0 Å². The molecule has 2 saturated heterocycles. The number of amides is 5. The lowest BCUT2D eigenvalue weighted by atomic mass is 10.1. The second-order valence-electron chi connectivity index (χ2n) is 10.0. The molecule has 0 spiro atoms. The Bertz CT molecular complexity index is 1050. The molecule has 5 amide bonds. The summed E-state index contributed by atoms with van der Waals surface area (Å²) in [7, 11) is 0. The van der Waals surface area contributed by atoms with Gasteiger partial charge in [0.05, 0.1) is 18.1 Å². The van der Waals surface area contributed by atoms with Gasteiger partial charge in [0.2, 0.25) is 23.6 Å². The Hall–Kier alpha value is -3.71. The molecule has 0 bridgehead atoms. The maximum Gasteiger partial charge on any atom is 0.408 e. The van der Waals surface area contributed by atoms with E-state index in [0.29, 0.717) is 25.8 Å². The second kappa shape index (κ2) is 13.4. The van der Waals surface area contributed by atoms with Crippen LogP contribution in [0.5, 0.6) is 0 Å². The van der Waals surface area contributed by atoms with Gasteiger partial charge < -0.3 is 41.1 Å². The van der Waals surface area contributed by atoms with E-state index in [1.165, 1.54) is 23.6 Å². The van der Waals surface area contributed by atoms with Gasteiger partial charge in [-0.2, -0.15) is 0 Å². The van der Waals surface area contributed by atoms with Gasteiger partial charge in [0.15, 0.2) is 0 Å². The molecule has 2 fully saturated rings. The first-order valence-electron chi connectivity index (χ1n) is 13.0. The Balaban J connectivity index is 1.57. The number of nitrogens with one attached hydrogen (secondary N) is 2. The number of aliphatic hydroxyl groups is 2. The first-order valence-corrected chi connectivity index (χ1v) is 13.0. The van der Waals surface area contributed by atoms with Gasteiger partial charge in [0.1, 0.15) is 24.7 Å². The van der Waals surface area contributed by atoms with Crippen LogP contribution in [0.15, 0.2) is 30.3 Å². The van der Waals surface area contributed by atoms with E-state index in [1.54, 1.807) is 24.3 Å². The van der Waals surface area contributed by atoms with E-state index in [9.17, 15) is 34.2 Å². The third-order valence-corrected chi connectivity index (χ3v) is 7.01. The topological polar surface area (TPSA) is 192 Å². The molecule has 1 aromatic carbocycles. The molecule has 13 nitrogen and oxygen atoms in total. The van der Waals surface area contributed by atoms with Crippen molar-refractivity contribution in [1.29, 1.82) is 0 Å². The SMILES string of the molecule is C[C@@H](O)[C@H](NC(=O)[C@H]1CCCN1C(=O)[C@@H]1CCN(C(=O)[C@@H](NC(=O)OCc2ccccc2)[C@@H](C)O)C1)C(N)=O. The Morgan fingerprint density at radius 1 is 1.00 bits per heavy atom. The lowest BCUT2D eigenvalue weighted by Crippen LogP contribution is -2.56. The molecule has 6 N–H and O–H groups in total. The van der Waals surface area contributed by atoms with Crippen LogP contribution >= 0.6 is 0 Å². The van der Waals surface area contributed by atoms with E-state index >= 15 is 0 Å². The highest BCUT2D eigenvalue weighted by atomic mass is 16.5. The minimum absolute atomic E-state index is 0.00430. The van der Waals surface area contributed by atoms with E-state index in [4.69, 9.17) is 10.5 Å². The van der Waals surface area contributed by atoms with Crippen LogP contribution in [0.2, 0.25) is 0 Å². The Morgan fingerprint density at radius 2 is 1.67 bits per heavy atom. The summed E-state index contributed by atoms with van der Waals surface area (Å²) in [6.07, 6.45) is -1.96. The standard InChI is InChI=1S/C26H37N5O8/c1-15(32)20(22(27)34)28-23(35)19-9-6-11-31(19)24(36)18-10-12-30(13-18)25(37)21(16(2)33)29-26(38)39-14-17-7-4-3-5-8-17/h3-5,7-8,15-16,18-21,32-33H,6,9-14H2,1-2H3,(H2,27,34)(H,28,35)(H,29,38)/t15-,16-,18-,19-,20+,21+/m1/s1. The minimum atomic E-state index is -1.28. The average Bonchev–Trinajstić information content (AvgIpc) is 3.59. The zero-order chi connectivity index (χ0) is 28.7. The van der Waals surface area contributed by atoms with Gasteiger partial charge in [-0.3, -0.25) is 19.2 Å². The molecule has 13 heteroatoms. The van der Waals surface area contributed by atoms with Gasteiger partial charge in [-0.15, -0.1) is 0 Å². The average molecular weight is 548 g/mol. The normalized spacial score (nSPS) is 21.9. The first-order chi connectivity index (χ1) is 18.5. The number of rotatable bonds is 10. The number of alkyl carbamates (subject to hydrolysis) is 1. The summed E-state index contributed by atoms with van der Waals surface area (Å²) in [5, 5.41) is 24.8. The fourth-order valence-corrected chi connectivity index (χ4v) is 4.86. The van der Waals surface area contributed by atoms with Gasteiger partial charge >= 0.3 is 6.09 Å². The third kappa shape index (κ3) is 7.67. The summed E-state index contributed by atoms with van der Waals surface area (Å²) < 4.78 is 5.16. The molecule has 0 aliphatic carbocycles. The number of nitrogens with zero attached hydrogens (tertiary/aromatic N) is 2. The van der Waals surface area contributed by atoms with Gasteiger partial charge in [-0.05, 0) is 38.7 Å². The van der Waals surface area contributed by atoms with Crippen LogP contribution < -0.4 is 16.4 Å². The van der Waals surface area contributed by atoms with Crippen LogP contribution in [-0.2, 0) is 30.5 Å². The fourth-order valence-electron chi connectivity index (χ4n) is 4.86. The van der Waals surface area contributed by atoms with E-state index in [2.05, 4.69) is 10.6 Å². The van der Waals surface area contributed by atoms with Crippen molar-refractivity contribution < 1.29 is 38.9 Å². The maximum absolute atomic E-state index is 13.3. The van der Waals surface area contributed by atoms with Gasteiger partial charge in [-0.25, -0.2) is 4.79 Å². The van der Waals surface area contributed by atoms with Crippen molar-refractivity contribution in [3.63, 3.8) is 0 Å². The molecule has 3 rings (SSSR count). The second-order valence-corrected chi connectivity index (χ2v) is 10.0. The molecule has 2 aliphatic rings. The molecular weight excluding hydrogens is 510 g/mol. The zero-order valence-corrected chi connectivity index (χ0v) is 22.1. The van der Waals surface area contributed by atoms with Crippen LogP contribution in [0.4, 0.5) is 4.79 Å². The van der Waals surface area contributed by atoms with E-state index < -0.39 is 60.1 Å². The highest BCUT2D eigenvalue weighted by Crippen LogP contribution is 2.26. The fraction of sp³-hybridized carbons (Fsp3) is 0.577. The number of primary amides is 1. The third-order valence-electron chi connectivity index (χ3n) is 7.01. The largest absolute Gasteiger partial charge is 0.445 e. The van der Waals surface area contributed by atoms with Crippen molar-refractivity contribution >= 4 is 29.7 Å². The van der Waals surface area contributed by atoms with Gasteiger partial charge in [-0.1, -0.05) is 30.3 Å². The minimum Gasteiger partial charge on any atom is -0.445 e. The summed E-state index contributed by atoms with van der Waals surface area (Å²) >= 11 is 0. The summed E-state index contributed by atoms with van der Waals surface area (Å²) in [4.78, 5) is 66.0. The predicted molar refractivity (Wildman–Crippen MR) is 137 cm³/mol. The molecule has 0 radical (unpaired) electrons. The Kier molecular flexibility index (Phi) is 10.2. The Labute approximate surface area is 226 Å². The van der Waals surface area contributed by atoms with Crippen LogP contribution in [0, 0.1) is 5.92 Å². The summed E-state index contributed by atoms with van der Waals surface area (Å²) in [5.41, 5.74) is 6.02. The molecule has 6 atom stereocenters. The van der Waals surface area contributed by atoms with Crippen LogP contribution in [0.25, 0.3) is 0 Å². The lowest BCUT2D eigenvalue weighted by Gasteiger charge is -2.29. The summed E-state index contributed by atoms with van der Waals surface area (Å²) in [6, 6.07) is 5.62. The maximum atomic E-state index is 13.3. The molecule has 2 heterocycles. The number of nitrogens with two attached hydrogens (primary N) is 1. The number of benzene rings is 1. The molecule has 0 unspecified atom stereocenters. The highest BCUT2D eigenvalue weighted by Gasteiger charge is 2.42. The van der Waals surface area contributed by atoms with E-state index in [1.807, 2.05) is 6.07 Å². The monoisotopic (exact) mass is 547 g/mol. The number of aliphatic hydroxyl groups excluding tert-OH is 2. The molecule has 39 heavy (non-hydrogen) atoms. The zero-order valence-electron chi connectivity index (χ0n) is 22.1. The number of hydrogen-bond donors (Lipinski definition) is 5. The number of likely N-dealkylation sites (tertiary alicyclic amines) is 2. The van der Waals surface area contributed by atoms with Crippen LogP contribution in [0.3, 0.4) is 0 Å². The lowest BCUT2D eigenvalue weighted by molar-refractivity contribution is -0.142. The molecular formula is C26H37N5O8. The number of hydrogen-bond acceptors (Lipinski definition) is 8.